The van der Waals surface area contributed by atoms with E-state index in [1.165, 1.54) is 6.92 Å². The van der Waals surface area contributed by atoms with E-state index in [4.69, 9.17) is 0 Å². The van der Waals surface area contributed by atoms with Gasteiger partial charge in [0.1, 0.15) is 17.5 Å². The topological polar surface area (TPSA) is 46.5 Å². The smallest absolute Gasteiger partial charge is 0.149 e. The van der Waals surface area contributed by atoms with Crippen molar-refractivity contribution in [1.82, 2.24) is 0 Å². The van der Waals surface area contributed by atoms with Crippen LogP contribution in [0.25, 0.3) is 0 Å². The van der Waals surface area contributed by atoms with Gasteiger partial charge >= 0.3 is 0 Å². The monoisotopic (exact) mass is 195 g/mol. The first-order valence-corrected chi connectivity index (χ1v) is 5.16. The lowest BCUT2D eigenvalue weighted by molar-refractivity contribution is -0.127. The molecule has 0 radical (unpaired) electrons. The van der Waals surface area contributed by atoms with E-state index < -0.39 is 5.92 Å². The zero-order chi connectivity index (χ0) is 10.7. The fourth-order valence-electron chi connectivity index (χ4n) is 1.70. The van der Waals surface area contributed by atoms with Gasteiger partial charge in [0.15, 0.2) is 0 Å². The van der Waals surface area contributed by atoms with Crippen molar-refractivity contribution in [3.63, 3.8) is 0 Å². The number of hydrogen-bond acceptors (Lipinski definition) is 3. The van der Waals surface area contributed by atoms with Crippen LogP contribution in [0.15, 0.2) is 4.99 Å². The highest BCUT2D eigenvalue weighted by Gasteiger charge is 2.34. The molecule has 0 spiro atoms. The van der Waals surface area contributed by atoms with Gasteiger partial charge in [0, 0.05) is 18.2 Å². The molecule has 0 saturated heterocycles. The van der Waals surface area contributed by atoms with Gasteiger partial charge in [0.2, 0.25) is 0 Å². The third-order valence-corrected chi connectivity index (χ3v) is 2.67. The van der Waals surface area contributed by atoms with Crippen molar-refractivity contribution in [2.45, 2.75) is 46.1 Å². The molecule has 0 amide bonds. The third kappa shape index (κ3) is 2.28. The van der Waals surface area contributed by atoms with Gasteiger partial charge in [-0.3, -0.25) is 14.6 Å². The second-order valence-corrected chi connectivity index (χ2v) is 3.89. The highest BCUT2D eigenvalue weighted by molar-refractivity contribution is 6.24. The Kier molecular flexibility index (Phi) is 3.55. The molecule has 1 aliphatic rings. The van der Waals surface area contributed by atoms with Gasteiger partial charge in [-0.05, 0) is 26.7 Å². The number of ketones is 2. The molecule has 1 fully saturated rings. The Morgan fingerprint density at radius 3 is 2.71 bits per heavy atom. The van der Waals surface area contributed by atoms with Gasteiger partial charge in [-0.2, -0.15) is 0 Å². The molecule has 2 atom stereocenters. The molecule has 0 heterocycles. The van der Waals surface area contributed by atoms with Crippen molar-refractivity contribution in [1.29, 1.82) is 0 Å². The van der Waals surface area contributed by atoms with E-state index in [0.717, 1.165) is 12.1 Å². The van der Waals surface area contributed by atoms with Crippen LogP contribution in [0.2, 0.25) is 0 Å². The van der Waals surface area contributed by atoms with E-state index in [1.807, 2.05) is 13.8 Å². The van der Waals surface area contributed by atoms with Gasteiger partial charge < -0.3 is 0 Å². The minimum Gasteiger partial charge on any atom is -0.299 e. The average molecular weight is 195 g/mol. The van der Waals surface area contributed by atoms with E-state index in [-0.39, 0.29) is 17.6 Å². The van der Waals surface area contributed by atoms with E-state index in [2.05, 4.69) is 4.99 Å². The number of carbonyl (C=O) groups excluding carboxylic acids is 2. The second-order valence-electron chi connectivity index (χ2n) is 3.89. The molecule has 1 aliphatic carbocycles. The fraction of sp³-hybridized carbons (Fsp3) is 0.727. The molecule has 0 aromatic heterocycles. The zero-order valence-corrected chi connectivity index (χ0v) is 9.04. The molecule has 1 unspecified atom stereocenters. The van der Waals surface area contributed by atoms with Crippen LogP contribution in [0.5, 0.6) is 0 Å². The molecule has 14 heavy (non-hydrogen) atoms. The number of rotatable bonds is 3. The van der Waals surface area contributed by atoms with Gasteiger partial charge in [-0.1, -0.05) is 6.92 Å². The van der Waals surface area contributed by atoms with E-state index >= 15 is 0 Å². The average Bonchev–Trinajstić information content (AvgIpc) is 2.46. The third-order valence-electron chi connectivity index (χ3n) is 2.67. The van der Waals surface area contributed by atoms with Crippen LogP contribution in [-0.4, -0.2) is 23.3 Å². The fourth-order valence-corrected chi connectivity index (χ4v) is 1.70. The van der Waals surface area contributed by atoms with Gasteiger partial charge in [0.25, 0.3) is 0 Å². The lowest BCUT2D eigenvalue weighted by Gasteiger charge is -2.08. The number of Topliss-reactive ketones (excluding diaryl/α,β-unsaturated/α-hetero) is 2. The minimum atomic E-state index is -0.524. The Bertz CT molecular complexity index is 281. The lowest BCUT2D eigenvalue weighted by atomic mass is 10.0. The van der Waals surface area contributed by atoms with Crippen molar-refractivity contribution in [2.24, 2.45) is 10.9 Å². The summed E-state index contributed by atoms with van der Waals surface area (Å²) in [5, 5.41) is 0. The SMILES string of the molecule is CC[C@H](C)N=C1CCC(=O)C1C(C)=O. The maximum absolute atomic E-state index is 11.4. The van der Waals surface area contributed by atoms with Crippen molar-refractivity contribution in [3.8, 4) is 0 Å². The highest BCUT2D eigenvalue weighted by Crippen LogP contribution is 2.21. The largest absolute Gasteiger partial charge is 0.299 e. The summed E-state index contributed by atoms with van der Waals surface area (Å²) in [6.45, 7) is 5.53. The van der Waals surface area contributed by atoms with E-state index in [9.17, 15) is 9.59 Å². The maximum Gasteiger partial charge on any atom is 0.149 e. The summed E-state index contributed by atoms with van der Waals surface area (Å²) in [4.78, 5) is 27.1. The standard InChI is InChI=1S/C11H17NO2/c1-4-7(2)12-9-5-6-10(14)11(9)8(3)13/h7,11H,4-6H2,1-3H3/t7-,11?/m0/s1. The predicted molar refractivity (Wildman–Crippen MR) is 55.6 cm³/mol. The van der Waals surface area contributed by atoms with Crippen LogP contribution in [0.4, 0.5) is 0 Å². The summed E-state index contributed by atoms with van der Waals surface area (Å²) in [5.74, 6) is -0.543. The second kappa shape index (κ2) is 4.49. The molecule has 3 heteroatoms. The van der Waals surface area contributed by atoms with Crippen LogP contribution < -0.4 is 0 Å². The first-order valence-electron chi connectivity index (χ1n) is 5.16. The molecule has 1 rings (SSSR count). The summed E-state index contributed by atoms with van der Waals surface area (Å²) >= 11 is 0. The molecule has 0 bridgehead atoms. The van der Waals surface area contributed by atoms with Crippen molar-refractivity contribution in [2.75, 3.05) is 0 Å². The molecule has 0 aromatic rings. The number of carbonyl (C=O) groups is 2. The molecular formula is C11H17NO2. The Labute approximate surface area is 84.6 Å². The Morgan fingerprint density at radius 2 is 2.21 bits per heavy atom. The number of hydrogen-bond donors (Lipinski definition) is 0. The summed E-state index contributed by atoms with van der Waals surface area (Å²) in [5.41, 5.74) is 0.803. The Hall–Kier alpha value is -0.990. The summed E-state index contributed by atoms with van der Waals surface area (Å²) in [7, 11) is 0. The predicted octanol–water partition coefficient (Wildman–Crippen LogP) is 1.79. The lowest BCUT2D eigenvalue weighted by Crippen LogP contribution is -2.23. The van der Waals surface area contributed by atoms with E-state index in [1.54, 1.807) is 0 Å². The molecule has 0 aromatic carbocycles. The first kappa shape index (κ1) is 11.1. The van der Waals surface area contributed by atoms with Crippen LogP contribution in [0.3, 0.4) is 0 Å². The maximum atomic E-state index is 11.4. The normalized spacial score (nSPS) is 26.9. The molecule has 78 valence electrons. The molecule has 1 saturated carbocycles. The van der Waals surface area contributed by atoms with Crippen LogP contribution >= 0.6 is 0 Å². The number of nitrogens with zero attached hydrogens (tertiary/aromatic N) is 1. The summed E-state index contributed by atoms with van der Waals surface area (Å²) < 4.78 is 0. The van der Waals surface area contributed by atoms with Crippen LogP contribution in [0.1, 0.15) is 40.0 Å². The van der Waals surface area contributed by atoms with Gasteiger partial charge in [0.05, 0.1) is 0 Å². The van der Waals surface area contributed by atoms with Crippen LogP contribution in [-0.2, 0) is 9.59 Å². The zero-order valence-electron chi connectivity index (χ0n) is 9.04. The highest BCUT2D eigenvalue weighted by atomic mass is 16.1. The first-order chi connectivity index (χ1) is 6.56. The van der Waals surface area contributed by atoms with Crippen molar-refractivity contribution in [3.05, 3.63) is 0 Å². The Morgan fingerprint density at radius 1 is 1.57 bits per heavy atom. The van der Waals surface area contributed by atoms with E-state index in [0.29, 0.717) is 12.8 Å². The van der Waals surface area contributed by atoms with Crippen molar-refractivity contribution >= 4 is 17.3 Å². The quantitative estimate of drug-likeness (QED) is 0.644. The minimum absolute atomic E-state index is 0.0413. The molecule has 0 aliphatic heterocycles. The molecule has 3 nitrogen and oxygen atoms in total. The number of aliphatic imine (C=N–C) groups is 1. The van der Waals surface area contributed by atoms with Gasteiger partial charge in [-0.15, -0.1) is 0 Å². The van der Waals surface area contributed by atoms with Crippen LogP contribution in [0, 0.1) is 5.92 Å². The summed E-state index contributed by atoms with van der Waals surface area (Å²) in [6.07, 6.45) is 2.11. The Balaban J connectivity index is 2.84. The summed E-state index contributed by atoms with van der Waals surface area (Å²) in [6, 6.07) is 0.220. The van der Waals surface area contributed by atoms with Crippen molar-refractivity contribution < 1.29 is 9.59 Å². The molecular weight excluding hydrogens is 178 g/mol. The van der Waals surface area contributed by atoms with Gasteiger partial charge in [-0.25, -0.2) is 0 Å². The molecule has 0 N–H and O–H groups in total.